The summed E-state index contributed by atoms with van der Waals surface area (Å²) < 4.78 is 42.0. The monoisotopic (exact) mass is 815 g/mol. The number of ether oxygens (including phenoxy) is 8. The summed E-state index contributed by atoms with van der Waals surface area (Å²) in [6, 6.07) is 4.55. The normalized spacial score (nSPS) is 29.5. The average Bonchev–Trinajstić information content (AvgIpc) is 3.14. The molecular formula is C34H39O23+. The number of aliphatic hydroxyl groups excluding tert-OH is 6. The van der Waals surface area contributed by atoms with Crippen LogP contribution < -0.4 is 9.47 Å². The van der Waals surface area contributed by atoms with Crippen LogP contribution in [0.15, 0.2) is 30.0 Å². The Morgan fingerprint density at radius 3 is 1.72 bits per heavy atom. The van der Waals surface area contributed by atoms with Gasteiger partial charge >= 0.3 is 23.9 Å². The summed E-state index contributed by atoms with van der Waals surface area (Å²) in [5, 5.41) is 113. The summed E-state index contributed by atoms with van der Waals surface area (Å²) in [5.41, 5.74) is -0.0179. The quantitative estimate of drug-likeness (QED) is 0.0397. The molecule has 3 aliphatic heterocycles. The van der Waals surface area contributed by atoms with E-state index in [1.807, 2.05) is 0 Å². The maximum atomic E-state index is 11.8. The third-order valence-corrected chi connectivity index (χ3v) is 8.80. The van der Waals surface area contributed by atoms with E-state index < -0.39 is 135 Å². The van der Waals surface area contributed by atoms with Gasteiger partial charge in [-0.15, -0.1) is 0 Å². The molecule has 0 amide bonds. The first-order valence-electron chi connectivity index (χ1n) is 16.7. The van der Waals surface area contributed by atoms with Gasteiger partial charge in [-0.2, -0.15) is 0 Å². The summed E-state index contributed by atoms with van der Waals surface area (Å²) in [5.74, 6) is -8.05. The minimum atomic E-state index is -1.97. The molecule has 23 nitrogen and oxygen atoms in total. The van der Waals surface area contributed by atoms with Crippen molar-refractivity contribution < 1.29 is 113 Å². The zero-order valence-corrected chi connectivity index (χ0v) is 29.4. The summed E-state index contributed by atoms with van der Waals surface area (Å²) in [4.78, 5) is 45.2. The number of esters is 2. The number of phenolic OH excluding ortho intramolecular Hbond substituents is 3. The van der Waals surface area contributed by atoms with Gasteiger partial charge < -0.3 is 94.1 Å². The smallest absolute Gasteiger partial charge is 0.317 e. The molecule has 0 bridgehead atoms. The number of hydrogen-bond donors (Lipinski definition) is 11. The molecule has 5 rings (SSSR count). The van der Waals surface area contributed by atoms with Gasteiger partial charge in [0.2, 0.25) is 18.3 Å². The Hall–Kier alpha value is -5.66. The number of aliphatic carboxylic acids is 2. The SMILES string of the molecule is COc1cc(C2[OH+]c3cc(O[C@@H]4O[C@@H](COC(=O)CC(=O)O)[C@H](O)[C@H](O)[C@H]4O)cc(O)c3C=C2O[C@@H]2O[C@H](COC(=O)CC(=O)O)[C@H](O)[C@H](O)[C@H]2O)cc(O)c1O. The number of benzene rings is 2. The van der Waals surface area contributed by atoms with Gasteiger partial charge in [-0.25, -0.2) is 0 Å². The molecule has 0 saturated carbocycles. The fourth-order valence-corrected chi connectivity index (χ4v) is 5.88. The Morgan fingerprint density at radius 2 is 1.21 bits per heavy atom. The maximum absolute atomic E-state index is 11.8. The van der Waals surface area contributed by atoms with Crippen LogP contribution in [-0.4, -0.2) is 167 Å². The molecule has 2 aromatic carbocycles. The first-order chi connectivity index (χ1) is 26.9. The number of hydrogen-bond acceptors (Lipinski definition) is 20. The lowest BCUT2D eigenvalue weighted by atomic mass is 9.98. The highest BCUT2D eigenvalue weighted by Gasteiger charge is 2.48. The number of aliphatic hydroxyl groups is 7. The van der Waals surface area contributed by atoms with Gasteiger partial charge in [-0.05, 0) is 12.1 Å². The molecule has 23 heteroatoms. The number of carbonyl (C=O) groups is 4. The Labute approximate surface area is 319 Å². The largest absolute Gasteiger partial charge is 0.571 e. The summed E-state index contributed by atoms with van der Waals surface area (Å²) in [6.45, 7) is -1.52. The van der Waals surface area contributed by atoms with E-state index in [0.717, 1.165) is 12.1 Å². The average molecular weight is 816 g/mol. The van der Waals surface area contributed by atoms with Crippen molar-refractivity contribution in [1.82, 2.24) is 0 Å². The van der Waals surface area contributed by atoms with Crippen LogP contribution in [0.25, 0.3) is 6.08 Å². The van der Waals surface area contributed by atoms with Crippen LogP contribution in [-0.2, 0) is 42.9 Å². The van der Waals surface area contributed by atoms with Crippen molar-refractivity contribution in [1.29, 1.82) is 0 Å². The van der Waals surface area contributed by atoms with Gasteiger partial charge in [0.05, 0.1) is 18.7 Å². The van der Waals surface area contributed by atoms with Crippen LogP contribution in [0.2, 0.25) is 0 Å². The summed E-state index contributed by atoms with van der Waals surface area (Å²) in [7, 11) is 1.19. The lowest BCUT2D eigenvalue weighted by Gasteiger charge is -2.41. The second-order valence-corrected chi connectivity index (χ2v) is 12.8. The number of methoxy groups -OCH3 is 1. The molecule has 12 N–H and O–H groups in total. The van der Waals surface area contributed by atoms with Crippen molar-refractivity contribution in [2.75, 3.05) is 20.3 Å². The fraction of sp³-hybridized carbons (Fsp3) is 0.471. The highest BCUT2D eigenvalue weighted by Crippen LogP contribution is 2.48. The number of phenols is 3. The lowest BCUT2D eigenvalue weighted by molar-refractivity contribution is -0.296. The molecular weight excluding hydrogens is 776 g/mol. The third kappa shape index (κ3) is 9.66. The summed E-state index contributed by atoms with van der Waals surface area (Å²) >= 11 is 0. The molecule has 1 unspecified atom stereocenters. The fourth-order valence-electron chi connectivity index (χ4n) is 5.88. The third-order valence-electron chi connectivity index (χ3n) is 8.80. The number of carboxylic acid groups (broad SMARTS) is 2. The number of fused-ring (bicyclic) bond motifs is 1. The minimum absolute atomic E-state index is 0.0540. The van der Waals surface area contributed by atoms with E-state index in [4.69, 9.17) is 43.4 Å². The van der Waals surface area contributed by atoms with Gasteiger partial charge in [0.15, 0.2) is 17.3 Å². The van der Waals surface area contributed by atoms with Crippen molar-refractivity contribution in [3.63, 3.8) is 0 Å². The van der Waals surface area contributed by atoms with Gasteiger partial charge in [-0.1, -0.05) is 0 Å². The zero-order valence-electron chi connectivity index (χ0n) is 29.4. The minimum Gasteiger partial charge on any atom is -0.571 e. The van der Waals surface area contributed by atoms with E-state index >= 15 is 0 Å². The molecule has 3 heterocycles. The van der Waals surface area contributed by atoms with Crippen LogP contribution in [0.1, 0.15) is 30.1 Å². The standard InChI is InChI=1S/C34H38O23/c1-50-17-3-11(2-15(36)25(17)43)32-18(55-34-31(49)29(47)27(45)20(57-34)10-52-24(42)8-22(39)40)6-13-14(35)4-12(5-16(13)54-32)53-33-30(48)28(46)26(44)19(56-33)9-51-23(41)7-21(37)38/h2-6,19-20,26-36,43-49H,7-10H2,1H3,(H,37,38)(H,39,40)/p+1/t19-,20+,26-,27-,28-,29-,30+,31+,32?,33+,34+/m0/s1. The van der Waals surface area contributed by atoms with Gasteiger partial charge in [0.1, 0.15) is 91.9 Å². The van der Waals surface area contributed by atoms with Crippen molar-refractivity contribution in [2.45, 2.75) is 80.4 Å². The van der Waals surface area contributed by atoms with Gasteiger partial charge in [0, 0.05) is 12.1 Å². The topological polar surface area (TPSA) is 368 Å². The zero-order chi connectivity index (χ0) is 41.9. The number of carboxylic acids is 2. The van der Waals surface area contributed by atoms with E-state index in [2.05, 4.69) is 4.74 Å². The van der Waals surface area contributed by atoms with Crippen molar-refractivity contribution in [3.8, 4) is 34.5 Å². The molecule has 0 radical (unpaired) electrons. The van der Waals surface area contributed by atoms with Crippen LogP contribution in [0, 0.1) is 0 Å². The van der Waals surface area contributed by atoms with Crippen molar-refractivity contribution >= 4 is 30.0 Å². The summed E-state index contributed by atoms with van der Waals surface area (Å²) in [6.07, 6.45) is -20.3. The number of carbonyl (C=O) groups excluding carboxylic acids is 2. The molecule has 0 aliphatic carbocycles. The van der Waals surface area contributed by atoms with Crippen LogP contribution in [0.4, 0.5) is 0 Å². The second-order valence-electron chi connectivity index (χ2n) is 12.8. The van der Waals surface area contributed by atoms with Crippen molar-refractivity contribution in [2.24, 2.45) is 0 Å². The molecule has 0 spiro atoms. The maximum Gasteiger partial charge on any atom is 0.317 e. The Balaban J connectivity index is 1.44. The molecule has 2 aromatic rings. The second kappa shape index (κ2) is 17.6. The highest BCUT2D eigenvalue weighted by atomic mass is 16.7. The van der Waals surface area contributed by atoms with Crippen LogP contribution in [0.5, 0.6) is 34.5 Å². The van der Waals surface area contributed by atoms with E-state index in [1.165, 1.54) is 25.3 Å². The Bertz CT molecular complexity index is 1860. The van der Waals surface area contributed by atoms with E-state index in [9.17, 15) is 65.1 Å². The van der Waals surface area contributed by atoms with E-state index in [0.29, 0.717) is 0 Å². The van der Waals surface area contributed by atoms with Gasteiger partial charge in [0.25, 0.3) is 11.9 Å². The lowest BCUT2D eigenvalue weighted by Crippen LogP contribution is -2.60. The molecule has 2 fully saturated rings. The van der Waals surface area contributed by atoms with Crippen LogP contribution >= 0.6 is 0 Å². The molecule has 11 atom stereocenters. The van der Waals surface area contributed by atoms with Crippen LogP contribution in [0.3, 0.4) is 0 Å². The molecule has 0 aromatic heterocycles. The Kier molecular flexibility index (Phi) is 13.2. The predicted octanol–water partition coefficient (Wildman–Crippen LogP) is -2.80. The number of rotatable bonds is 14. The first kappa shape index (κ1) is 42.5. The molecule has 2 saturated heterocycles. The van der Waals surface area contributed by atoms with Crippen molar-refractivity contribution in [3.05, 3.63) is 41.2 Å². The molecule has 3 aliphatic rings. The Morgan fingerprint density at radius 1 is 0.684 bits per heavy atom. The van der Waals surface area contributed by atoms with E-state index in [1.54, 1.807) is 0 Å². The predicted molar refractivity (Wildman–Crippen MR) is 178 cm³/mol. The van der Waals surface area contributed by atoms with E-state index in [-0.39, 0.29) is 34.1 Å². The number of aromatic hydroxyl groups is 4. The highest BCUT2D eigenvalue weighted by molar-refractivity contribution is 5.90. The first-order valence-corrected chi connectivity index (χ1v) is 16.7. The van der Waals surface area contributed by atoms with Gasteiger partial charge in [-0.3, -0.25) is 19.2 Å². The molecule has 312 valence electrons. The molecule has 57 heavy (non-hydrogen) atoms.